The Balaban J connectivity index is 3.01. The first-order chi connectivity index (χ1) is 6.56. The highest BCUT2D eigenvalue weighted by Gasteiger charge is 2.11. The van der Waals surface area contributed by atoms with Crippen LogP contribution in [0.3, 0.4) is 0 Å². The van der Waals surface area contributed by atoms with Gasteiger partial charge in [-0.3, -0.25) is 4.79 Å². The molecule has 2 nitrogen and oxygen atoms in total. The van der Waals surface area contributed by atoms with E-state index in [1.54, 1.807) is 7.05 Å². The molecule has 0 aromatic heterocycles. The normalized spacial score (nSPS) is 10.0. The van der Waals surface area contributed by atoms with Gasteiger partial charge in [-0.15, -0.1) is 11.6 Å². The van der Waals surface area contributed by atoms with Crippen molar-refractivity contribution >= 4 is 39.1 Å². The molecule has 76 valence electrons. The number of alkyl halides is 1. The van der Waals surface area contributed by atoms with Crippen molar-refractivity contribution in [3.8, 4) is 0 Å². The summed E-state index contributed by atoms with van der Waals surface area (Å²) in [5.41, 5.74) is 1.98. The van der Waals surface area contributed by atoms with Crippen molar-refractivity contribution < 1.29 is 4.79 Å². The summed E-state index contributed by atoms with van der Waals surface area (Å²) in [7, 11) is 1.71. The van der Waals surface area contributed by atoms with Gasteiger partial charge in [-0.05, 0) is 40.5 Å². The Morgan fingerprint density at radius 2 is 2.21 bits per heavy atom. The topological polar surface area (TPSA) is 20.3 Å². The molecule has 1 aromatic rings. The van der Waals surface area contributed by atoms with Gasteiger partial charge in [-0.25, -0.2) is 0 Å². The van der Waals surface area contributed by atoms with Crippen molar-refractivity contribution in [2.24, 2.45) is 0 Å². The largest absolute Gasteiger partial charge is 0.313 e. The molecule has 0 aliphatic heterocycles. The second-order valence-electron chi connectivity index (χ2n) is 3.04. The number of anilines is 1. The van der Waals surface area contributed by atoms with Crippen LogP contribution in [0.4, 0.5) is 5.69 Å². The van der Waals surface area contributed by atoms with Gasteiger partial charge < -0.3 is 4.90 Å². The Kier molecular flexibility index (Phi) is 3.96. The molecule has 0 unspecified atom stereocenters. The fourth-order valence-electron chi connectivity index (χ4n) is 1.11. The van der Waals surface area contributed by atoms with Crippen LogP contribution < -0.4 is 4.90 Å². The number of halogens is 2. The van der Waals surface area contributed by atoms with Crippen molar-refractivity contribution in [1.82, 2.24) is 0 Å². The number of amides is 1. The van der Waals surface area contributed by atoms with Gasteiger partial charge in [0.15, 0.2) is 0 Å². The number of carbonyl (C=O) groups excluding carboxylic acids is 1. The van der Waals surface area contributed by atoms with Crippen LogP contribution in [-0.4, -0.2) is 18.8 Å². The van der Waals surface area contributed by atoms with Crippen molar-refractivity contribution in [3.05, 3.63) is 28.2 Å². The van der Waals surface area contributed by atoms with Crippen LogP contribution in [0, 0.1) is 6.92 Å². The van der Waals surface area contributed by atoms with E-state index in [4.69, 9.17) is 11.6 Å². The van der Waals surface area contributed by atoms with E-state index in [2.05, 4.69) is 15.9 Å². The third-order valence-corrected chi connectivity index (χ3v) is 2.82. The molecule has 1 rings (SSSR count). The van der Waals surface area contributed by atoms with E-state index >= 15 is 0 Å². The van der Waals surface area contributed by atoms with Crippen LogP contribution in [-0.2, 0) is 4.79 Å². The summed E-state index contributed by atoms with van der Waals surface area (Å²) in [5.74, 6) is -0.118. The number of hydrogen-bond acceptors (Lipinski definition) is 1. The summed E-state index contributed by atoms with van der Waals surface area (Å²) in [4.78, 5) is 12.9. The number of hydrogen-bond donors (Lipinski definition) is 0. The number of nitrogens with zero attached hydrogens (tertiary/aromatic N) is 1. The molecule has 0 aliphatic rings. The van der Waals surface area contributed by atoms with E-state index in [9.17, 15) is 4.79 Å². The van der Waals surface area contributed by atoms with Gasteiger partial charge in [0.2, 0.25) is 5.91 Å². The summed E-state index contributed by atoms with van der Waals surface area (Å²) in [6, 6.07) is 5.81. The molecule has 4 heteroatoms. The molecule has 0 radical (unpaired) electrons. The summed E-state index contributed by atoms with van der Waals surface area (Å²) in [6.45, 7) is 2.00. The molecule has 1 amide bonds. The lowest BCUT2D eigenvalue weighted by Gasteiger charge is -2.17. The lowest BCUT2D eigenvalue weighted by molar-refractivity contribution is -0.116. The highest BCUT2D eigenvalue weighted by Crippen LogP contribution is 2.26. The summed E-state index contributed by atoms with van der Waals surface area (Å²) in [5, 5.41) is 0. The number of carbonyl (C=O) groups is 1. The maximum atomic E-state index is 11.3. The molecule has 14 heavy (non-hydrogen) atoms. The van der Waals surface area contributed by atoms with Gasteiger partial charge in [0.1, 0.15) is 5.88 Å². The van der Waals surface area contributed by atoms with Crippen LogP contribution in [0.15, 0.2) is 22.7 Å². The molecule has 0 fully saturated rings. The Bertz CT molecular complexity index is 354. The fourth-order valence-corrected chi connectivity index (χ4v) is 2.05. The Hall–Kier alpha value is -0.540. The predicted octanol–water partition coefficient (Wildman–Crippen LogP) is 2.96. The smallest absolute Gasteiger partial charge is 0.241 e. The molecule has 0 bridgehead atoms. The molecule has 0 N–H and O–H groups in total. The minimum atomic E-state index is -0.115. The molecule has 0 heterocycles. The van der Waals surface area contributed by atoms with E-state index in [1.807, 2.05) is 25.1 Å². The third kappa shape index (κ3) is 2.49. The predicted molar refractivity (Wildman–Crippen MR) is 63.0 cm³/mol. The lowest BCUT2D eigenvalue weighted by Crippen LogP contribution is -2.27. The summed E-state index contributed by atoms with van der Waals surface area (Å²) in [6.07, 6.45) is 0. The molecular weight excluding hydrogens is 265 g/mol. The maximum Gasteiger partial charge on any atom is 0.241 e. The number of aryl methyl sites for hydroxylation is 1. The van der Waals surface area contributed by atoms with Crippen molar-refractivity contribution in [1.29, 1.82) is 0 Å². The van der Waals surface area contributed by atoms with E-state index in [0.29, 0.717) is 0 Å². The number of benzene rings is 1. The number of rotatable bonds is 2. The van der Waals surface area contributed by atoms with Gasteiger partial charge in [0.05, 0.1) is 5.69 Å². The molecule has 0 aliphatic carbocycles. The minimum absolute atomic E-state index is 0.00316. The van der Waals surface area contributed by atoms with Crippen LogP contribution in [0.25, 0.3) is 0 Å². The second kappa shape index (κ2) is 4.80. The standard InChI is InChI=1S/C10H11BrClNO/c1-7-3-4-9(8(11)5-7)13(2)10(14)6-12/h3-5H,6H2,1-2H3. The molecule has 0 saturated carbocycles. The fraction of sp³-hybridized carbons (Fsp3) is 0.300. The third-order valence-electron chi connectivity index (χ3n) is 1.95. The molecule has 0 spiro atoms. The molecular formula is C10H11BrClNO. The van der Waals surface area contributed by atoms with Gasteiger partial charge in [-0.2, -0.15) is 0 Å². The SMILES string of the molecule is Cc1ccc(N(C)C(=O)CCl)c(Br)c1. The van der Waals surface area contributed by atoms with E-state index in [1.165, 1.54) is 4.90 Å². The van der Waals surface area contributed by atoms with Gasteiger partial charge in [-0.1, -0.05) is 6.07 Å². The van der Waals surface area contributed by atoms with Crippen molar-refractivity contribution in [2.45, 2.75) is 6.92 Å². The van der Waals surface area contributed by atoms with E-state index in [0.717, 1.165) is 15.7 Å². The first-order valence-electron chi connectivity index (χ1n) is 4.15. The zero-order chi connectivity index (χ0) is 10.7. The summed E-state index contributed by atoms with van der Waals surface area (Å²) < 4.78 is 0.901. The zero-order valence-corrected chi connectivity index (χ0v) is 10.4. The lowest BCUT2D eigenvalue weighted by atomic mass is 10.2. The Morgan fingerprint density at radius 3 is 2.71 bits per heavy atom. The van der Waals surface area contributed by atoms with Crippen LogP contribution in [0.2, 0.25) is 0 Å². The first kappa shape index (κ1) is 11.5. The summed E-state index contributed by atoms with van der Waals surface area (Å²) >= 11 is 8.88. The monoisotopic (exact) mass is 275 g/mol. The minimum Gasteiger partial charge on any atom is -0.313 e. The molecule has 0 atom stereocenters. The molecule has 0 saturated heterocycles. The quantitative estimate of drug-likeness (QED) is 0.761. The zero-order valence-electron chi connectivity index (χ0n) is 8.05. The van der Waals surface area contributed by atoms with Gasteiger partial charge in [0, 0.05) is 11.5 Å². The van der Waals surface area contributed by atoms with Crippen molar-refractivity contribution in [2.75, 3.05) is 17.8 Å². The Morgan fingerprint density at radius 1 is 1.57 bits per heavy atom. The van der Waals surface area contributed by atoms with E-state index in [-0.39, 0.29) is 11.8 Å². The maximum absolute atomic E-state index is 11.3. The molecule has 1 aromatic carbocycles. The highest BCUT2D eigenvalue weighted by atomic mass is 79.9. The van der Waals surface area contributed by atoms with Crippen molar-refractivity contribution in [3.63, 3.8) is 0 Å². The van der Waals surface area contributed by atoms with Gasteiger partial charge in [0.25, 0.3) is 0 Å². The second-order valence-corrected chi connectivity index (χ2v) is 4.16. The van der Waals surface area contributed by atoms with Gasteiger partial charge >= 0.3 is 0 Å². The van der Waals surface area contributed by atoms with E-state index < -0.39 is 0 Å². The highest BCUT2D eigenvalue weighted by molar-refractivity contribution is 9.10. The first-order valence-corrected chi connectivity index (χ1v) is 5.47. The van der Waals surface area contributed by atoms with Crippen LogP contribution in [0.5, 0.6) is 0 Å². The Labute approximate surface area is 97.0 Å². The average Bonchev–Trinajstić information content (AvgIpc) is 2.15. The van der Waals surface area contributed by atoms with Crippen LogP contribution >= 0.6 is 27.5 Å². The average molecular weight is 277 g/mol. The van der Waals surface area contributed by atoms with Crippen LogP contribution in [0.1, 0.15) is 5.56 Å².